The van der Waals surface area contributed by atoms with Crippen LogP contribution in [0.4, 0.5) is 4.39 Å². The minimum absolute atomic E-state index is 0.157. The summed E-state index contributed by atoms with van der Waals surface area (Å²) < 4.78 is 14.7. The van der Waals surface area contributed by atoms with Crippen molar-refractivity contribution in [2.24, 2.45) is 0 Å². The zero-order valence-electron chi connectivity index (χ0n) is 17.0. The maximum atomic E-state index is 13.5. The number of amides is 1. The number of carbonyl (C=O) groups is 1. The number of likely N-dealkylation sites (tertiary alicyclic amines) is 1. The van der Waals surface area contributed by atoms with Gasteiger partial charge in [-0.15, -0.1) is 11.3 Å². The average molecular weight is 422 g/mol. The molecule has 0 radical (unpaired) electrons. The van der Waals surface area contributed by atoms with Crippen LogP contribution in [0.1, 0.15) is 53.2 Å². The summed E-state index contributed by atoms with van der Waals surface area (Å²) >= 11 is 1.62. The quantitative estimate of drug-likeness (QED) is 0.447. The Hall–Kier alpha value is -2.73. The van der Waals surface area contributed by atoms with Gasteiger partial charge in [0.25, 0.3) is 5.91 Å². The number of thiophene rings is 1. The lowest BCUT2D eigenvalue weighted by Gasteiger charge is -2.31. The molecule has 1 aliphatic rings. The monoisotopic (exact) mass is 421 g/mol. The van der Waals surface area contributed by atoms with E-state index in [1.165, 1.54) is 27.8 Å². The highest BCUT2D eigenvalue weighted by atomic mass is 32.1. The van der Waals surface area contributed by atoms with Crippen molar-refractivity contribution in [3.05, 3.63) is 64.5 Å². The Labute approximate surface area is 178 Å². The molecule has 0 aliphatic carbocycles. The molecular formula is C24H24FN3OS. The number of nitrogens with one attached hydrogen (secondary N) is 1. The van der Waals surface area contributed by atoms with Crippen molar-refractivity contribution >= 4 is 38.4 Å². The van der Waals surface area contributed by atoms with E-state index < -0.39 is 0 Å². The molecule has 30 heavy (non-hydrogen) atoms. The van der Waals surface area contributed by atoms with E-state index in [-0.39, 0.29) is 17.6 Å². The van der Waals surface area contributed by atoms with Crippen LogP contribution >= 0.6 is 11.3 Å². The fraction of sp³-hybridized carbons (Fsp3) is 0.333. The van der Waals surface area contributed by atoms with Crippen molar-refractivity contribution in [1.82, 2.24) is 14.9 Å². The van der Waals surface area contributed by atoms with Gasteiger partial charge in [-0.3, -0.25) is 4.79 Å². The maximum absolute atomic E-state index is 13.5. The Bertz CT molecular complexity index is 1220. The highest BCUT2D eigenvalue weighted by Crippen LogP contribution is 2.35. The molecule has 1 saturated heterocycles. The van der Waals surface area contributed by atoms with Crippen LogP contribution in [0.15, 0.2) is 42.5 Å². The van der Waals surface area contributed by atoms with Crippen LogP contribution in [0.3, 0.4) is 0 Å². The molecule has 6 heteroatoms. The van der Waals surface area contributed by atoms with Gasteiger partial charge in [0.2, 0.25) is 0 Å². The van der Waals surface area contributed by atoms with Gasteiger partial charge in [-0.25, -0.2) is 9.37 Å². The number of imidazole rings is 1. The molecule has 5 rings (SSSR count). The lowest BCUT2D eigenvalue weighted by atomic mass is 9.95. The SMILES string of the molecule is CCCc1c(C(=O)N2CCC(c3nc4ccc(F)cc4[nH]3)CC2)sc2ccccc12. The number of hydrogen-bond donors (Lipinski definition) is 1. The number of piperidine rings is 1. The van der Waals surface area contributed by atoms with Gasteiger partial charge in [0.1, 0.15) is 11.6 Å². The summed E-state index contributed by atoms with van der Waals surface area (Å²) in [4.78, 5) is 24.2. The number of halogens is 1. The van der Waals surface area contributed by atoms with E-state index in [2.05, 4.69) is 29.0 Å². The molecule has 2 aromatic carbocycles. The van der Waals surface area contributed by atoms with E-state index in [1.807, 2.05) is 17.0 Å². The molecule has 4 nitrogen and oxygen atoms in total. The Morgan fingerprint density at radius 2 is 2.03 bits per heavy atom. The second kappa shape index (κ2) is 7.84. The number of H-pyrrole nitrogens is 1. The molecule has 1 amide bonds. The van der Waals surface area contributed by atoms with E-state index in [1.54, 1.807) is 17.4 Å². The standard InChI is InChI=1S/C24H24FN3OS/c1-2-5-18-17-6-3-4-7-21(17)30-22(18)24(29)28-12-10-15(11-13-28)23-26-19-9-8-16(25)14-20(19)27-23/h3-4,6-9,14-15H,2,5,10-13H2,1H3,(H,26,27). The molecule has 0 bridgehead atoms. The number of aromatic nitrogens is 2. The van der Waals surface area contributed by atoms with Gasteiger partial charge in [0.05, 0.1) is 15.9 Å². The largest absolute Gasteiger partial charge is 0.342 e. The second-order valence-corrected chi connectivity index (χ2v) is 9.06. The zero-order valence-corrected chi connectivity index (χ0v) is 17.8. The first-order chi connectivity index (χ1) is 14.6. The van der Waals surface area contributed by atoms with E-state index in [0.717, 1.165) is 47.4 Å². The Morgan fingerprint density at radius 1 is 1.23 bits per heavy atom. The van der Waals surface area contributed by atoms with Gasteiger partial charge in [-0.2, -0.15) is 0 Å². The van der Waals surface area contributed by atoms with Crippen LogP contribution in [0.2, 0.25) is 0 Å². The molecule has 0 spiro atoms. The van der Waals surface area contributed by atoms with Crippen LogP contribution in [-0.2, 0) is 6.42 Å². The Balaban J connectivity index is 1.34. The topological polar surface area (TPSA) is 49.0 Å². The Kier molecular flexibility index (Phi) is 5.03. The van der Waals surface area contributed by atoms with Gasteiger partial charge in [-0.05, 0) is 54.5 Å². The third-order valence-electron chi connectivity index (χ3n) is 6.02. The molecule has 4 aromatic rings. The summed E-state index contributed by atoms with van der Waals surface area (Å²) in [7, 11) is 0. The van der Waals surface area contributed by atoms with Gasteiger partial charge in [0, 0.05) is 23.7 Å². The van der Waals surface area contributed by atoms with Crippen LogP contribution in [0, 0.1) is 5.82 Å². The van der Waals surface area contributed by atoms with E-state index in [4.69, 9.17) is 0 Å². The van der Waals surface area contributed by atoms with Gasteiger partial charge < -0.3 is 9.88 Å². The molecule has 0 unspecified atom stereocenters. The van der Waals surface area contributed by atoms with Crippen molar-refractivity contribution in [3.63, 3.8) is 0 Å². The number of aromatic amines is 1. The number of fused-ring (bicyclic) bond motifs is 2. The highest BCUT2D eigenvalue weighted by molar-refractivity contribution is 7.21. The molecule has 1 aliphatic heterocycles. The van der Waals surface area contributed by atoms with Crippen molar-refractivity contribution in [2.75, 3.05) is 13.1 Å². The third-order valence-corrected chi connectivity index (χ3v) is 7.22. The minimum atomic E-state index is -0.260. The zero-order chi connectivity index (χ0) is 20.7. The number of nitrogens with zero attached hydrogens (tertiary/aromatic N) is 2. The predicted molar refractivity (Wildman–Crippen MR) is 120 cm³/mol. The smallest absolute Gasteiger partial charge is 0.264 e. The van der Waals surface area contributed by atoms with Crippen LogP contribution in [0.25, 0.3) is 21.1 Å². The molecule has 154 valence electrons. The first-order valence-corrected chi connectivity index (χ1v) is 11.4. The molecule has 0 saturated carbocycles. The van der Waals surface area contributed by atoms with Crippen molar-refractivity contribution in [1.29, 1.82) is 0 Å². The lowest BCUT2D eigenvalue weighted by Crippen LogP contribution is -2.38. The first-order valence-electron chi connectivity index (χ1n) is 10.6. The summed E-state index contributed by atoms with van der Waals surface area (Å²) in [6.45, 7) is 3.59. The molecule has 1 N–H and O–H groups in total. The average Bonchev–Trinajstić information content (AvgIpc) is 3.35. The first kappa shape index (κ1) is 19.2. The number of carbonyl (C=O) groups excluding carboxylic acids is 1. The number of benzene rings is 2. The summed E-state index contributed by atoms with van der Waals surface area (Å²) in [6.07, 6.45) is 3.68. The Morgan fingerprint density at radius 3 is 2.83 bits per heavy atom. The number of aryl methyl sites for hydroxylation is 1. The third kappa shape index (κ3) is 3.39. The fourth-order valence-electron chi connectivity index (χ4n) is 4.46. The van der Waals surface area contributed by atoms with Crippen LogP contribution < -0.4 is 0 Å². The van der Waals surface area contributed by atoms with E-state index in [9.17, 15) is 9.18 Å². The minimum Gasteiger partial charge on any atom is -0.342 e. The van der Waals surface area contributed by atoms with Gasteiger partial charge in [0.15, 0.2) is 0 Å². The molecule has 2 aromatic heterocycles. The second-order valence-electron chi connectivity index (χ2n) is 8.01. The molecule has 0 atom stereocenters. The van der Waals surface area contributed by atoms with E-state index >= 15 is 0 Å². The molecule has 1 fully saturated rings. The predicted octanol–water partition coefficient (Wildman–Crippen LogP) is 5.89. The lowest BCUT2D eigenvalue weighted by molar-refractivity contribution is 0.0715. The van der Waals surface area contributed by atoms with Crippen LogP contribution in [-0.4, -0.2) is 33.9 Å². The number of hydrogen-bond acceptors (Lipinski definition) is 3. The summed E-state index contributed by atoms with van der Waals surface area (Å²) in [5.41, 5.74) is 2.72. The van der Waals surface area contributed by atoms with Gasteiger partial charge in [-0.1, -0.05) is 31.5 Å². The normalized spacial score (nSPS) is 15.3. The molecule has 3 heterocycles. The highest BCUT2D eigenvalue weighted by Gasteiger charge is 2.29. The van der Waals surface area contributed by atoms with Crippen molar-refractivity contribution < 1.29 is 9.18 Å². The van der Waals surface area contributed by atoms with Crippen LogP contribution in [0.5, 0.6) is 0 Å². The molecular weight excluding hydrogens is 397 g/mol. The fourth-order valence-corrected chi connectivity index (χ4v) is 5.68. The summed E-state index contributed by atoms with van der Waals surface area (Å²) in [5.74, 6) is 1.06. The summed E-state index contributed by atoms with van der Waals surface area (Å²) in [5, 5.41) is 1.22. The van der Waals surface area contributed by atoms with Crippen molar-refractivity contribution in [2.45, 2.75) is 38.5 Å². The van der Waals surface area contributed by atoms with Gasteiger partial charge >= 0.3 is 0 Å². The number of rotatable bonds is 4. The summed E-state index contributed by atoms with van der Waals surface area (Å²) in [6, 6.07) is 13.0. The maximum Gasteiger partial charge on any atom is 0.264 e. The van der Waals surface area contributed by atoms with Crippen molar-refractivity contribution in [3.8, 4) is 0 Å². The van der Waals surface area contributed by atoms with E-state index in [0.29, 0.717) is 13.1 Å².